The molecule has 2 aromatic carbocycles. The fraction of sp³-hybridized carbons (Fsp3) is 0.0588. The molecule has 0 fully saturated rings. The Balaban J connectivity index is 2.07. The fourth-order valence-corrected chi connectivity index (χ4v) is 2.29. The number of fused-ring (bicyclic) bond motifs is 1. The first-order chi connectivity index (χ1) is 9.70. The molecule has 0 N–H and O–H groups in total. The van der Waals surface area contributed by atoms with Crippen LogP contribution in [0, 0.1) is 0 Å². The number of hydrogen-bond donors (Lipinski definition) is 0. The van der Waals surface area contributed by atoms with Crippen molar-refractivity contribution < 1.29 is 14.3 Å². The van der Waals surface area contributed by atoms with Crippen LogP contribution >= 0.6 is 0 Å². The molecule has 3 rings (SSSR count). The number of allylic oxidation sites excluding steroid dienone is 1. The van der Waals surface area contributed by atoms with E-state index < -0.39 is 11.6 Å². The molecule has 0 aromatic heterocycles. The molecule has 0 atom stereocenters. The van der Waals surface area contributed by atoms with Crippen LogP contribution in [0.2, 0.25) is 0 Å². The molecule has 3 nitrogen and oxygen atoms in total. The highest BCUT2D eigenvalue weighted by atomic mass is 16.5. The molecule has 1 aliphatic rings. The molecule has 98 valence electrons. The van der Waals surface area contributed by atoms with E-state index in [0.29, 0.717) is 16.7 Å². The molecule has 0 heterocycles. The summed E-state index contributed by atoms with van der Waals surface area (Å²) in [6.45, 7) is 0. The summed E-state index contributed by atoms with van der Waals surface area (Å²) in [7, 11) is 1.60. The first-order valence-corrected chi connectivity index (χ1v) is 6.25. The maximum absolute atomic E-state index is 12.0. The van der Waals surface area contributed by atoms with Crippen molar-refractivity contribution in [3.05, 3.63) is 65.2 Å². The Morgan fingerprint density at radius 2 is 1.50 bits per heavy atom. The zero-order chi connectivity index (χ0) is 14.1. The smallest absolute Gasteiger partial charge is 0.234 e. The molecular weight excluding hydrogens is 252 g/mol. The van der Waals surface area contributed by atoms with Gasteiger partial charge in [-0.2, -0.15) is 0 Å². The first kappa shape index (κ1) is 12.4. The third-order valence-electron chi connectivity index (χ3n) is 3.34. The SMILES string of the molecule is COc1ccc(C=C2C(=O)C(=O)c3ccccc32)cc1. The van der Waals surface area contributed by atoms with Gasteiger partial charge in [-0.1, -0.05) is 36.4 Å². The zero-order valence-electron chi connectivity index (χ0n) is 10.9. The number of ether oxygens (including phenoxy) is 1. The molecule has 0 spiro atoms. The number of rotatable bonds is 2. The average molecular weight is 264 g/mol. The van der Waals surface area contributed by atoms with E-state index in [-0.39, 0.29) is 0 Å². The Morgan fingerprint density at radius 1 is 0.850 bits per heavy atom. The Morgan fingerprint density at radius 3 is 2.15 bits per heavy atom. The summed E-state index contributed by atoms with van der Waals surface area (Å²) in [5.41, 5.74) is 2.50. The lowest BCUT2D eigenvalue weighted by atomic mass is 10.0. The van der Waals surface area contributed by atoms with Crippen molar-refractivity contribution in [3.8, 4) is 5.75 Å². The van der Waals surface area contributed by atoms with Gasteiger partial charge in [-0.25, -0.2) is 0 Å². The molecule has 0 saturated heterocycles. The summed E-state index contributed by atoms with van der Waals surface area (Å²) >= 11 is 0. The van der Waals surface area contributed by atoms with Gasteiger partial charge in [-0.3, -0.25) is 9.59 Å². The molecule has 0 radical (unpaired) electrons. The zero-order valence-corrected chi connectivity index (χ0v) is 10.9. The molecule has 0 unspecified atom stereocenters. The summed E-state index contributed by atoms with van der Waals surface area (Å²) in [5, 5.41) is 0. The lowest BCUT2D eigenvalue weighted by molar-refractivity contribution is -0.109. The van der Waals surface area contributed by atoms with Gasteiger partial charge in [0.15, 0.2) is 0 Å². The van der Waals surface area contributed by atoms with Gasteiger partial charge in [-0.05, 0) is 29.3 Å². The lowest BCUT2D eigenvalue weighted by Crippen LogP contribution is -2.05. The van der Waals surface area contributed by atoms with Crippen molar-refractivity contribution >= 4 is 23.2 Å². The van der Waals surface area contributed by atoms with Crippen molar-refractivity contribution in [2.24, 2.45) is 0 Å². The predicted molar refractivity (Wildman–Crippen MR) is 76.6 cm³/mol. The van der Waals surface area contributed by atoms with Crippen molar-refractivity contribution in [3.63, 3.8) is 0 Å². The van der Waals surface area contributed by atoms with Gasteiger partial charge in [0, 0.05) is 11.1 Å². The van der Waals surface area contributed by atoms with Crippen LogP contribution in [0.25, 0.3) is 11.6 Å². The van der Waals surface area contributed by atoms with Crippen LogP contribution in [0.1, 0.15) is 21.5 Å². The summed E-state index contributed by atoms with van der Waals surface area (Å²) in [6.07, 6.45) is 1.74. The number of ketones is 2. The van der Waals surface area contributed by atoms with Gasteiger partial charge < -0.3 is 4.74 Å². The van der Waals surface area contributed by atoms with E-state index in [1.165, 1.54) is 0 Å². The number of hydrogen-bond acceptors (Lipinski definition) is 3. The largest absolute Gasteiger partial charge is 0.497 e. The molecule has 1 aliphatic carbocycles. The number of carbonyl (C=O) groups excluding carboxylic acids is 2. The van der Waals surface area contributed by atoms with E-state index >= 15 is 0 Å². The van der Waals surface area contributed by atoms with Crippen LogP contribution in [-0.4, -0.2) is 18.7 Å². The molecule has 3 heteroatoms. The standard InChI is InChI=1S/C17H12O3/c1-20-12-8-6-11(7-9-12)10-15-13-4-2-3-5-14(13)16(18)17(15)19/h2-10H,1H3. The van der Waals surface area contributed by atoms with Gasteiger partial charge in [0.2, 0.25) is 11.6 Å². The highest BCUT2D eigenvalue weighted by Crippen LogP contribution is 2.31. The summed E-state index contributed by atoms with van der Waals surface area (Å²) in [5.74, 6) is -0.122. The molecule has 0 saturated carbocycles. The molecule has 20 heavy (non-hydrogen) atoms. The topological polar surface area (TPSA) is 43.4 Å². The lowest BCUT2D eigenvalue weighted by Gasteiger charge is -2.01. The highest BCUT2D eigenvalue weighted by Gasteiger charge is 2.32. The quantitative estimate of drug-likeness (QED) is 0.618. The fourth-order valence-electron chi connectivity index (χ4n) is 2.29. The second kappa shape index (κ2) is 4.78. The molecule has 0 amide bonds. The van der Waals surface area contributed by atoms with Gasteiger partial charge in [0.1, 0.15) is 5.75 Å². The van der Waals surface area contributed by atoms with Crippen LogP contribution in [0.5, 0.6) is 5.75 Å². The highest BCUT2D eigenvalue weighted by molar-refractivity contribution is 6.64. The van der Waals surface area contributed by atoms with Crippen LogP contribution < -0.4 is 4.74 Å². The van der Waals surface area contributed by atoms with Gasteiger partial charge >= 0.3 is 0 Å². The van der Waals surface area contributed by atoms with E-state index in [2.05, 4.69) is 0 Å². The van der Waals surface area contributed by atoms with E-state index in [1.54, 1.807) is 31.4 Å². The van der Waals surface area contributed by atoms with Crippen molar-refractivity contribution in [1.82, 2.24) is 0 Å². The van der Waals surface area contributed by atoms with Crippen LogP contribution in [0.15, 0.2) is 48.5 Å². The van der Waals surface area contributed by atoms with E-state index in [1.807, 2.05) is 30.3 Å². The van der Waals surface area contributed by atoms with Crippen molar-refractivity contribution in [1.29, 1.82) is 0 Å². The average Bonchev–Trinajstić information content (AvgIpc) is 2.74. The third kappa shape index (κ3) is 1.93. The van der Waals surface area contributed by atoms with Gasteiger partial charge in [0.25, 0.3) is 0 Å². The van der Waals surface area contributed by atoms with E-state index in [9.17, 15) is 9.59 Å². The second-order valence-corrected chi connectivity index (χ2v) is 4.54. The molecule has 2 aromatic rings. The van der Waals surface area contributed by atoms with E-state index in [4.69, 9.17) is 4.74 Å². The van der Waals surface area contributed by atoms with Crippen LogP contribution in [-0.2, 0) is 4.79 Å². The summed E-state index contributed by atoms with van der Waals surface area (Å²) < 4.78 is 5.09. The Hall–Kier alpha value is -2.68. The molecular formula is C17H12O3. The van der Waals surface area contributed by atoms with Crippen molar-refractivity contribution in [2.75, 3.05) is 7.11 Å². The summed E-state index contributed by atoms with van der Waals surface area (Å²) in [6, 6.07) is 14.4. The van der Waals surface area contributed by atoms with E-state index in [0.717, 1.165) is 11.3 Å². The normalized spacial score (nSPS) is 15.6. The minimum Gasteiger partial charge on any atom is -0.497 e. The second-order valence-electron chi connectivity index (χ2n) is 4.54. The number of Topliss-reactive ketones (excluding diaryl/α,β-unsaturated/α-hetero) is 2. The minimum atomic E-state index is -0.443. The first-order valence-electron chi connectivity index (χ1n) is 6.25. The van der Waals surface area contributed by atoms with Crippen molar-refractivity contribution in [2.45, 2.75) is 0 Å². The number of methoxy groups -OCH3 is 1. The monoisotopic (exact) mass is 264 g/mol. The summed E-state index contributed by atoms with van der Waals surface area (Å²) in [4.78, 5) is 23.9. The number of benzene rings is 2. The predicted octanol–water partition coefficient (Wildman–Crippen LogP) is 3.00. The van der Waals surface area contributed by atoms with Crippen LogP contribution in [0.3, 0.4) is 0 Å². The third-order valence-corrected chi connectivity index (χ3v) is 3.34. The Bertz CT molecular complexity index is 724. The van der Waals surface area contributed by atoms with Crippen LogP contribution in [0.4, 0.5) is 0 Å². The molecule has 0 bridgehead atoms. The van der Waals surface area contributed by atoms with Gasteiger partial charge in [0.05, 0.1) is 7.11 Å². The Kier molecular flexibility index (Phi) is 2.95. The molecule has 0 aliphatic heterocycles. The van der Waals surface area contributed by atoms with Gasteiger partial charge in [-0.15, -0.1) is 0 Å². The number of carbonyl (C=O) groups is 2. The minimum absolute atomic E-state index is 0.430. The maximum atomic E-state index is 12.0. The maximum Gasteiger partial charge on any atom is 0.234 e. The Labute approximate surface area is 116 Å².